The molecule has 0 bridgehead atoms. The number of carboxylic acid groups (broad SMARTS) is 1. The van der Waals surface area contributed by atoms with Crippen molar-refractivity contribution < 1.29 is 9.90 Å². The van der Waals surface area contributed by atoms with Gasteiger partial charge in [-0.15, -0.1) is 0 Å². The number of aromatic nitrogens is 1. The van der Waals surface area contributed by atoms with Gasteiger partial charge in [-0.2, -0.15) is 0 Å². The van der Waals surface area contributed by atoms with Crippen LogP contribution in [0.25, 0.3) is 0 Å². The Morgan fingerprint density at radius 1 is 1.24 bits per heavy atom. The molecule has 0 spiro atoms. The van der Waals surface area contributed by atoms with E-state index in [4.69, 9.17) is 16.7 Å². The van der Waals surface area contributed by atoms with E-state index < -0.39 is 5.97 Å². The largest absolute Gasteiger partial charge is 0.478 e. The standard InChI is InChI=1S/C12H8ClNO2S/c13-10-2-1-7-14-11(10)17-9-5-3-8(4-6-9)12(15)16/h1-7H,(H,15,16). The average molecular weight is 266 g/mol. The first-order chi connectivity index (χ1) is 8.16. The number of hydrogen-bond donors (Lipinski definition) is 1. The maximum atomic E-state index is 10.7. The Bertz CT molecular complexity index is 542. The first kappa shape index (κ1) is 12.0. The van der Waals surface area contributed by atoms with E-state index in [-0.39, 0.29) is 5.56 Å². The summed E-state index contributed by atoms with van der Waals surface area (Å²) in [5.74, 6) is -0.933. The normalized spacial score (nSPS) is 10.2. The molecule has 86 valence electrons. The van der Waals surface area contributed by atoms with Gasteiger partial charge in [0.05, 0.1) is 10.6 Å². The summed E-state index contributed by atoms with van der Waals surface area (Å²) >= 11 is 7.38. The van der Waals surface area contributed by atoms with Crippen molar-refractivity contribution in [3.05, 3.63) is 53.2 Å². The van der Waals surface area contributed by atoms with Crippen molar-refractivity contribution in [1.29, 1.82) is 0 Å². The molecule has 5 heteroatoms. The van der Waals surface area contributed by atoms with Crippen LogP contribution in [0.3, 0.4) is 0 Å². The summed E-state index contributed by atoms with van der Waals surface area (Å²) in [6.45, 7) is 0. The van der Waals surface area contributed by atoms with E-state index in [1.807, 2.05) is 0 Å². The number of benzene rings is 1. The van der Waals surface area contributed by atoms with Crippen LogP contribution in [0.1, 0.15) is 10.4 Å². The Morgan fingerprint density at radius 2 is 1.94 bits per heavy atom. The SMILES string of the molecule is O=C(O)c1ccc(Sc2ncccc2Cl)cc1. The molecule has 2 aromatic rings. The zero-order valence-corrected chi connectivity index (χ0v) is 10.2. The van der Waals surface area contributed by atoms with Crippen molar-refractivity contribution in [1.82, 2.24) is 4.98 Å². The third-order valence-electron chi connectivity index (χ3n) is 2.04. The number of pyridine rings is 1. The highest BCUT2D eigenvalue weighted by molar-refractivity contribution is 7.99. The Labute approximate surface area is 107 Å². The van der Waals surface area contributed by atoms with Crippen LogP contribution in [0.4, 0.5) is 0 Å². The summed E-state index contributed by atoms with van der Waals surface area (Å²) in [5, 5.41) is 10.1. The van der Waals surface area contributed by atoms with Gasteiger partial charge in [-0.1, -0.05) is 23.4 Å². The summed E-state index contributed by atoms with van der Waals surface area (Å²) in [6, 6.07) is 10.1. The van der Waals surface area contributed by atoms with E-state index in [0.717, 1.165) is 4.90 Å². The molecule has 1 aromatic heterocycles. The van der Waals surface area contributed by atoms with Crippen LogP contribution in [-0.4, -0.2) is 16.1 Å². The Kier molecular flexibility index (Phi) is 3.66. The van der Waals surface area contributed by atoms with Crippen LogP contribution in [0.2, 0.25) is 5.02 Å². The number of halogens is 1. The smallest absolute Gasteiger partial charge is 0.335 e. The van der Waals surface area contributed by atoms with Gasteiger partial charge in [0.1, 0.15) is 5.03 Å². The molecule has 1 heterocycles. The fourth-order valence-corrected chi connectivity index (χ4v) is 2.24. The monoisotopic (exact) mass is 265 g/mol. The Hall–Kier alpha value is -1.52. The van der Waals surface area contributed by atoms with Crippen molar-refractivity contribution >= 4 is 29.3 Å². The van der Waals surface area contributed by atoms with Crippen molar-refractivity contribution in [3.63, 3.8) is 0 Å². The first-order valence-electron chi connectivity index (χ1n) is 4.78. The lowest BCUT2D eigenvalue weighted by Crippen LogP contribution is -1.94. The number of nitrogens with zero attached hydrogens (tertiary/aromatic N) is 1. The number of carboxylic acids is 1. The molecule has 1 aromatic carbocycles. The third kappa shape index (κ3) is 2.99. The van der Waals surface area contributed by atoms with Gasteiger partial charge in [0.25, 0.3) is 0 Å². The minimum absolute atomic E-state index is 0.265. The number of hydrogen-bond acceptors (Lipinski definition) is 3. The second-order valence-corrected chi connectivity index (χ2v) is 4.69. The zero-order valence-electron chi connectivity index (χ0n) is 8.63. The van der Waals surface area contributed by atoms with E-state index in [2.05, 4.69) is 4.98 Å². The molecule has 17 heavy (non-hydrogen) atoms. The van der Waals surface area contributed by atoms with Crippen LogP contribution in [-0.2, 0) is 0 Å². The van der Waals surface area contributed by atoms with Gasteiger partial charge >= 0.3 is 5.97 Å². The Balaban J connectivity index is 2.20. The number of aromatic carboxylic acids is 1. The van der Waals surface area contributed by atoms with Gasteiger partial charge in [0.15, 0.2) is 0 Å². The highest BCUT2D eigenvalue weighted by atomic mass is 35.5. The fourth-order valence-electron chi connectivity index (χ4n) is 1.22. The molecule has 0 radical (unpaired) electrons. The van der Waals surface area contributed by atoms with Crippen LogP contribution in [0, 0.1) is 0 Å². The summed E-state index contributed by atoms with van der Waals surface area (Å²) in [6.07, 6.45) is 1.67. The van der Waals surface area contributed by atoms with Gasteiger partial charge in [-0.05, 0) is 36.4 Å². The minimum atomic E-state index is -0.933. The zero-order chi connectivity index (χ0) is 12.3. The van der Waals surface area contributed by atoms with Gasteiger partial charge in [0.2, 0.25) is 0 Å². The van der Waals surface area contributed by atoms with Gasteiger partial charge in [-0.25, -0.2) is 9.78 Å². The topological polar surface area (TPSA) is 50.2 Å². The average Bonchev–Trinajstić information content (AvgIpc) is 2.33. The highest BCUT2D eigenvalue weighted by Crippen LogP contribution is 2.31. The molecular weight excluding hydrogens is 258 g/mol. The number of carbonyl (C=O) groups is 1. The first-order valence-corrected chi connectivity index (χ1v) is 5.98. The van der Waals surface area contributed by atoms with Crippen LogP contribution < -0.4 is 0 Å². The minimum Gasteiger partial charge on any atom is -0.478 e. The van der Waals surface area contributed by atoms with Crippen molar-refractivity contribution in [3.8, 4) is 0 Å². The van der Waals surface area contributed by atoms with Gasteiger partial charge < -0.3 is 5.11 Å². The predicted octanol–water partition coefficient (Wildman–Crippen LogP) is 3.58. The molecule has 0 atom stereocenters. The molecule has 1 N–H and O–H groups in total. The molecule has 0 aliphatic rings. The lowest BCUT2D eigenvalue weighted by Gasteiger charge is -2.02. The van der Waals surface area contributed by atoms with Crippen LogP contribution >= 0.6 is 23.4 Å². The third-order valence-corrected chi connectivity index (χ3v) is 3.48. The highest BCUT2D eigenvalue weighted by Gasteiger charge is 2.05. The quantitative estimate of drug-likeness (QED) is 0.921. The van der Waals surface area contributed by atoms with Gasteiger partial charge in [0, 0.05) is 11.1 Å². The molecule has 0 fully saturated rings. The molecule has 3 nitrogen and oxygen atoms in total. The molecule has 0 amide bonds. The summed E-state index contributed by atoms with van der Waals surface area (Å²) < 4.78 is 0. The molecular formula is C12H8ClNO2S. The van der Waals surface area contributed by atoms with E-state index >= 15 is 0 Å². The van der Waals surface area contributed by atoms with E-state index in [1.165, 1.54) is 11.8 Å². The molecule has 0 unspecified atom stereocenters. The lowest BCUT2D eigenvalue weighted by molar-refractivity contribution is 0.0697. The van der Waals surface area contributed by atoms with E-state index in [1.54, 1.807) is 42.6 Å². The second-order valence-electron chi connectivity index (χ2n) is 3.22. The number of rotatable bonds is 3. The predicted molar refractivity (Wildman–Crippen MR) is 66.8 cm³/mol. The maximum absolute atomic E-state index is 10.7. The van der Waals surface area contributed by atoms with E-state index in [9.17, 15) is 4.79 Å². The summed E-state index contributed by atoms with van der Waals surface area (Å²) in [7, 11) is 0. The van der Waals surface area contributed by atoms with Crippen molar-refractivity contribution in [2.75, 3.05) is 0 Å². The van der Waals surface area contributed by atoms with Crippen LogP contribution in [0.5, 0.6) is 0 Å². The van der Waals surface area contributed by atoms with Crippen molar-refractivity contribution in [2.45, 2.75) is 9.92 Å². The molecule has 0 saturated heterocycles. The summed E-state index contributed by atoms with van der Waals surface area (Å²) in [4.78, 5) is 15.7. The maximum Gasteiger partial charge on any atom is 0.335 e. The van der Waals surface area contributed by atoms with E-state index in [0.29, 0.717) is 10.0 Å². The second kappa shape index (κ2) is 5.21. The molecule has 0 aliphatic heterocycles. The van der Waals surface area contributed by atoms with Crippen molar-refractivity contribution in [2.24, 2.45) is 0 Å². The summed E-state index contributed by atoms with van der Waals surface area (Å²) in [5.41, 5.74) is 0.265. The molecule has 0 aliphatic carbocycles. The lowest BCUT2D eigenvalue weighted by atomic mass is 10.2. The Morgan fingerprint density at radius 3 is 2.53 bits per heavy atom. The van der Waals surface area contributed by atoms with Crippen LogP contribution in [0.15, 0.2) is 52.5 Å². The molecule has 2 rings (SSSR count). The fraction of sp³-hybridized carbons (Fsp3) is 0. The van der Waals surface area contributed by atoms with Gasteiger partial charge in [-0.3, -0.25) is 0 Å². The molecule has 0 saturated carbocycles.